The molecule has 0 fully saturated rings. The molecular weight excluding hydrogens is 188 g/mol. The second-order valence-corrected chi connectivity index (χ2v) is 4.66. The maximum Gasteiger partial charge on any atom is 0.179 e. The average molecular weight is 204 g/mol. The minimum atomic E-state index is 0.0891. The number of ether oxygens (including phenoxy) is 1. The van der Waals surface area contributed by atoms with E-state index in [9.17, 15) is 0 Å². The first-order chi connectivity index (χ1) is 7.04. The molecule has 0 radical (unpaired) electrons. The average Bonchev–Trinajstić information content (AvgIpc) is 2.59. The summed E-state index contributed by atoms with van der Waals surface area (Å²) in [4.78, 5) is 4.39. The lowest BCUT2D eigenvalue weighted by Crippen LogP contribution is -2.13. The zero-order valence-corrected chi connectivity index (χ0v) is 9.61. The van der Waals surface area contributed by atoms with E-state index in [4.69, 9.17) is 4.74 Å². The Morgan fingerprint density at radius 2 is 2.07 bits per heavy atom. The van der Waals surface area contributed by atoms with Crippen LogP contribution in [-0.4, -0.2) is 16.5 Å². The highest BCUT2D eigenvalue weighted by Crippen LogP contribution is 2.26. The molecule has 2 aromatic rings. The number of pyridine rings is 1. The van der Waals surface area contributed by atoms with Crippen LogP contribution in [0, 0.1) is 0 Å². The van der Waals surface area contributed by atoms with Gasteiger partial charge in [0.05, 0.1) is 7.11 Å². The van der Waals surface area contributed by atoms with E-state index in [1.807, 2.05) is 24.5 Å². The molecule has 0 bridgehead atoms. The van der Waals surface area contributed by atoms with Gasteiger partial charge in [-0.05, 0) is 12.1 Å². The number of methoxy groups -OCH3 is 1. The standard InChI is InChI=1S/C12H16N2O/c1-12(2,3)10-8-13-11-9(15-4)6-5-7-14(10)11/h5-8H,1-4H3. The van der Waals surface area contributed by atoms with Gasteiger partial charge < -0.3 is 9.14 Å². The highest BCUT2D eigenvalue weighted by atomic mass is 16.5. The number of hydrogen-bond acceptors (Lipinski definition) is 2. The Morgan fingerprint density at radius 3 is 2.67 bits per heavy atom. The molecule has 0 spiro atoms. The van der Waals surface area contributed by atoms with Crippen molar-refractivity contribution in [2.24, 2.45) is 0 Å². The van der Waals surface area contributed by atoms with Crippen LogP contribution in [0.5, 0.6) is 5.75 Å². The van der Waals surface area contributed by atoms with Crippen molar-refractivity contribution in [2.75, 3.05) is 7.11 Å². The van der Waals surface area contributed by atoms with Crippen LogP contribution in [-0.2, 0) is 5.41 Å². The first-order valence-electron chi connectivity index (χ1n) is 5.04. The molecule has 2 rings (SSSR count). The molecule has 3 nitrogen and oxygen atoms in total. The fourth-order valence-electron chi connectivity index (χ4n) is 1.70. The lowest BCUT2D eigenvalue weighted by atomic mass is 9.93. The molecule has 0 saturated heterocycles. The van der Waals surface area contributed by atoms with Gasteiger partial charge in [-0.15, -0.1) is 0 Å². The summed E-state index contributed by atoms with van der Waals surface area (Å²) in [5.41, 5.74) is 2.16. The predicted octanol–water partition coefficient (Wildman–Crippen LogP) is 2.64. The Bertz CT molecular complexity index is 480. The summed E-state index contributed by atoms with van der Waals surface area (Å²) in [7, 11) is 1.67. The van der Waals surface area contributed by atoms with Gasteiger partial charge in [-0.3, -0.25) is 0 Å². The molecule has 0 aliphatic rings. The molecule has 0 aromatic carbocycles. The van der Waals surface area contributed by atoms with Crippen molar-refractivity contribution in [1.82, 2.24) is 9.38 Å². The number of nitrogens with zero attached hydrogens (tertiary/aromatic N) is 2. The molecule has 0 unspecified atom stereocenters. The SMILES string of the molecule is COc1cccn2c(C(C)(C)C)cnc12. The lowest BCUT2D eigenvalue weighted by Gasteiger charge is -2.17. The van der Waals surface area contributed by atoms with Crippen LogP contribution in [0.1, 0.15) is 26.5 Å². The van der Waals surface area contributed by atoms with Gasteiger partial charge in [-0.25, -0.2) is 4.98 Å². The summed E-state index contributed by atoms with van der Waals surface area (Å²) in [5, 5.41) is 0. The number of rotatable bonds is 1. The third-order valence-corrected chi connectivity index (χ3v) is 2.49. The second-order valence-electron chi connectivity index (χ2n) is 4.66. The zero-order valence-electron chi connectivity index (χ0n) is 9.61. The second kappa shape index (κ2) is 3.26. The van der Waals surface area contributed by atoms with Crippen LogP contribution in [0.2, 0.25) is 0 Å². The number of hydrogen-bond donors (Lipinski definition) is 0. The van der Waals surface area contributed by atoms with Crippen LogP contribution in [0.15, 0.2) is 24.5 Å². The van der Waals surface area contributed by atoms with Gasteiger partial charge in [0.1, 0.15) is 0 Å². The number of aromatic nitrogens is 2. The topological polar surface area (TPSA) is 26.5 Å². The fraction of sp³-hybridized carbons (Fsp3) is 0.417. The molecule has 0 atom stereocenters. The van der Waals surface area contributed by atoms with E-state index in [-0.39, 0.29) is 5.41 Å². The molecule has 2 aromatic heterocycles. The van der Waals surface area contributed by atoms with E-state index in [1.54, 1.807) is 7.11 Å². The molecule has 0 amide bonds. The highest BCUT2D eigenvalue weighted by molar-refractivity contribution is 5.55. The van der Waals surface area contributed by atoms with Crippen molar-refractivity contribution < 1.29 is 4.74 Å². The van der Waals surface area contributed by atoms with Crippen LogP contribution < -0.4 is 4.74 Å². The first-order valence-corrected chi connectivity index (χ1v) is 5.04. The maximum atomic E-state index is 5.27. The molecular formula is C12H16N2O. The zero-order chi connectivity index (χ0) is 11.1. The van der Waals surface area contributed by atoms with E-state index in [0.717, 1.165) is 11.4 Å². The molecule has 0 aliphatic carbocycles. The van der Waals surface area contributed by atoms with Crippen molar-refractivity contribution in [2.45, 2.75) is 26.2 Å². The van der Waals surface area contributed by atoms with Gasteiger partial charge in [0.2, 0.25) is 0 Å². The van der Waals surface area contributed by atoms with Gasteiger partial charge in [0.25, 0.3) is 0 Å². The van der Waals surface area contributed by atoms with Crippen molar-refractivity contribution >= 4 is 5.65 Å². The maximum absolute atomic E-state index is 5.27. The third-order valence-electron chi connectivity index (χ3n) is 2.49. The van der Waals surface area contributed by atoms with Crippen LogP contribution in [0.4, 0.5) is 0 Å². The summed E-state index contributed by atoms with van der Waals surface area (Å²) < 4.78 is 7.35. The molecule has 0 saturated carbocycles. The van der Waals surface area contributed by atoms with Crippen LogP contribution in [0.3, 0.4) is 0 Å². The number of fused-ring (bicyclic) bond motifs is 1. The largest absolute Gasteiger partial charge is 0.493 e. The van der Waals surface area contributed by atoms with E-state index in [1.165, 1.54) is 5.69 Å². The van der Waals surface area contributed by atoms with Gasteiger partial charge in [0, 0.05) is 23.5 Å². The van der Waals surface area contributed by atoms with E-state index >= 15 is 0 Å². The van der Waals surface area contributed by atoms with Gasteiger partial charge in [-0.1, -0.05) is 20.8 Å². The summed E-state index contributed by atoms with van der Waals surface area (Å²) in [6.45, 7) is 6.53. The van der Waals surface area contributed by atoms with Gasteiger partial charge >= 0.3 is 0 Å². The highest BCUT2D eigenvalue weighted by Gasteiger charge is 2.19. The Morgan fingerprint density at radius 1 is 1.33 bits per heavy atom. The summed E-state index contributed by atoms with van der Waals surface area (Å²) in [5.74, 6) is 0.813. The number of imidazole rings is 1. The van der Waals surface area contributed by atoms with Crippen molar-refractivity contribution in [3.63, 3.8) is 0 Å². The van der Waals surface area contributed by atoms with E-state index in [2.05, 4.69) is 30.2 Å². The summed E-state index contributed by atoms with van der Waals surface area (Å²) >= 11 is 0. The van der Waals surface area contributed by atoms with Crippen LogP contribution in [0.25, 0.3) is 5.65 Å². The Hall–Kier alpha value is -1.51. The Kier molecular flexibility index (Phi) is 2.18. The normalized spacial score (nSPS) is 12.0. The third kappa shape index (κ3) is 1.58. The molecule has 0 N–H and O–H groups in total. The van der Waals surface area contributed by atoms with Gasteiger partial charge in [0.15, 0.2) is 11.4 Å². The van der Waals surface area contributed by atoms with Crippen molar-refractivity contribution in [3.05, 3.63) is 30.2 Å². The molecule has 15 heavy (non-hydrogen) atoms. The Balaban J connectivity index is 2.72. The summed E-state index contributed by atoms with van der Waals surface area (Å²) in [6.07, 6.45) is 3.93. The van der Waals surface area contributed by atoms with Gasteiger partial charge in [-0.2, -0.15) is 0 Å². The molecule has 80 valence electrons. The monoisotopic (exact) mass is 204 g/mol. The van der Waals surface area contributed by atoms with E-state index in [0.29, 0.717) is 0 Å². The van der Waals surface area contributed by atoms with Crippen molar-refractivity contribution in [1.29, 1.82) is 0 Å². The predicted molar refractivity (Wildman–Crippen MR) is 60.4 cm³/mol. The minimum absolute atomic E-state index is 0.0891. The lowest BCUT2D eigenvalue weighted by molar-refractivity contribution is 0.416. The molecule has 2 heterocycles. The van der Waals surface area contributed by atoms with E-state index < -0.39 is 0 Å². The molecule has 0 aliphatic heterocycles. The smallest absolute Gasteiger partial charge is 0.179 e. The molecule has 3 heteroatoms. The quantitative estimate of drug-likeness (QED) is 0.714. The van der Waals surface area contributed by atoms with Crippen molar-refractivity contribution in [3.8, 4) is 5.75 Å². The summed E-state index contributed by atoms with van der Waals surface area (Å²) in [6, 6.07) is 3.90. The Labute approximate surface area is 89.7 Å². The first kappa shape index (κ1) is 10.0. The fourth-order valence-corrected chi connectivity index (χ4v) is 1.70. The minimum Gasteiger partial charge on any atom is -0.493 e. The van der Waals surface area contributed by atoms with Crippen LogP contribution >= 0.6 is 0 Å².